The molecule has 0 aliphatic rings. The molecule has 1 aromatic heterocycles. The highest BCUT2D eigenvalue weighted by Gasteiger charge is 2.00. The molecule has 0 fully saturated rings. The van der Waals surface area contributed by atoms with Crippen molar-refractivity contribution in [2.45, 2.75) is 19.8 Å². The second-order valence-electron chi connectivity index (χ2n) is 3.83. The molecule has 18 heavy (non-hydrogen) atoms. The van der Waals surface area contributed by atoms with Gasteiger partial charge < -0.3 is 20.5 Å². The van der Waals surface area contributed by atoms with Gasteiger partial charge in [-0.1, -0.05) is 6.92 Å². The van der Waals surface area contributed by atoms with Crippen molar-refractivity contribution in [3.63, 3.8) is 0 Å². The van der Waals surface area contributed by atoms with Gasteiger partial charge >= 0.3 is 0 Å². The van der Waals surface area contributed by atoms with Gasteiger partial charge in [-0.3, -0.25) is 0 Å². The summed E-state index contributed by atoms with van der Waals surface area (Å²) in [5.41, 5.74) is 5.69. The first-order valence-electron chi connectivity index (χ1n) is 6.20. The van der Waals surface area contributed by atoms with Crippen molar-refractivity contribution in [2.24, 2.45) is 0 Å². The van der Waals surface area contributed by atoms with Crippen molar-refractivity contribution in [1.82, 2.24) is 9.97 Å². The van der Waals surface area contributed by atoms with E-state index in [9.17, 15) is 0 Å². The number of hydrogen-bond acceptors (Lipinski definition) is 6. The lowest BCUT2D eigenvalue weighted by molar-refractivity contribution is 0.0705. The van der Waals surface area contributed by atoms with Crippen LogP contribution in [0.5, 0.6) is 0 Å². The highest BCUT2D eigenvalue weighted by molar-refractivity contribution is 5.44. The van der Waals surface area contributed by atoms with E-state index < -0.39 is 0 Å². The molecular formula is C12H22N4O2. The lowest BCUT2D eigenvalue weighted by atomic mass is 10.4. The summed E-state index contributed by atoms with van der Waals surface area (Å²) in [5.74, 6) is 2.03. The molecular weight excluding hydrogens is 232 g/mol. The molecule has 102 valence electrons. The van der Waals surface area contributed by atoms with Crippen LogP contribution in [0.1, 0.15) is 19.2 Å². The number of methoxy groups -OCH3 is 1. The molecule has 0 aliphatic carbocycles. The minimum atomic E-state index is 0.501. The van der Waals surface area contributed by atoms with Crippen LogP contribution in [-0.4, -0.2) is 43.4 Å². The zero-order valence-corrected chi connectivity index (χ0v) is 11.1. The fourth-order valence-electron chi connectivity index (χ4n) is 1.40. The van der Waals surface area contributed by atoms with Gasteiger partial charge in [-0.25, -0.2) is 9.97 Å². The smallest absolute Gasteiger partial charge is 0.132 e. The van der Waals surface area contributed by atoms with E-state index in [1.807, 2.05) is 6.92 Å². The molecule has 0 atom stereocenters. The average Bonchev–Trinajstić information content (AvgIpc) is 2.37. The number of rotatable bonds is 9. The van der Waals surface area contributed by atoms with Crippen molar-refractivity contribution in [1.29, 1.82) is 0 Å². The summed E-state index contributed by atoms with van der Waals surface area (Å²) in [6.45, 7) is 4.78. The molecule has 0 saturated heterocycles. The summed E-state index contributed by atoms with van der Waals surface area (Å²) in [4.78, 5) is 8.45. The number of nitrogen functional groups attached to an aromatic ring is 1. The summed E-state index contributed by atoms with van der Waals surface area (Å²) in [6, 6.07) is 1.74. The van der Waals surface area contributed by atoms with E-state index in [1.165, 1.54) is 0 Å². The Morgan fingerprint density at radius 1 is 1.28 bits per heavy atom. The van der Waals surface area contributed by atoms with Crippen LogP contribution in [0.4, 0.5) is 11.6 Å². The highest BCUT2D eigenvalue weighted by atomic mass is 16.5. The average molecular weight is 254 g/mol. The summed E-state index contributed by atoms with van der Waals surface area (Å²) < 4.78 is 10.2. The summed E-state index contributed by atoms with van der Waals surface area (Å²) in [7, 11) is 1.66. The largest absolute Gasteiger partial charge is 0.384 e. The number of anilines is 2. The Bertz CT molecular complexity index is 347. The van der Waals surface area contributed by atoms with E-state index in [2.05, 4.69) is 15.3 Å². The van der Waals surface area contributed by atoms with E-state index in [1.54, 1.807) is 13.2 Å². The lowest BCUT2D eigenvalue weighted by Crippen LogP contribution is -2.10. The Balaban J connectivity index is 2.20. The number of nitrogens with zero attached hydrogens (tertiary/aromatic N) is 2. The normalized spacial score (nSPS) is 10.6. The standard InChI is InChI=1S/C12H22N4O2/c1-3-11-15-10(13)9-12(16-11)14-5-4-6-18-8-7-17-2/h9H,3-8H2,1-2H3,(H3,13,14,15,16). The molecule has 0 saturated carbocycles. The molecule has 0 amide bonds. The minimum absolute atomic E-state index is 0.501. The Morgan fingerprint density at radius 3 is 2.83 bits per heavy atom. The monoisotopic (exact) mass is 254 g/mol. The highest BCUT2D eigenvalue weighted by Crippen LogP contribution is 2.08. The summed E-state index contributed by atoms with van der Waals surface area (Å²) in [5, 5.41) is 3.21. The van der Waals surface area contributed by atoms with Crippen LogP contribution >= 0.6 is 0 Å². The zero-order chi connectivity index (χ0) is 13.2. The van der Waals surface area contributed by atoms with Gasteiger partial charge in [-0.2, -0.15) is 0 Å². The van der Waals surface area contributed by atoms with Crippen molar-refractivity contribution < 1.29 is 9.47 Å². The first-order valence-corrected chi connectivity index (χ1v) is 6.20. The molecule has 0 spiro atoms. The van der Waals surface area contributed by atoms with E-state index in [0.29, 0.717) is 25.6 Å². The van der Waals surface area contributed by atoms with Gasteiger partial charge in [-0.05, 0) is 6.42 Å². The molecule has 0 bridgehead atoms. The Morgan fingerprint density at radius 2 is 2.11 bits per heavy atom. The molecule has 1 rings (SSSR count). The van der Waals surface area contributed by atoms with Gasteiger partial charge in [0.25, 0.3) is 0 Å². The fraction of sp³-hybridized carbons (Fsp3) is 0.667. The van der Waals surface area contributed by atoms with Crippen molar-refractivity contribution in [2.75, 3.05) is 44.5 Å². The topological polar surface area (TPSA) is 82.3 Å². The van der Waals surface area contributed by atoms with Gasteiger partial charge in [0.2, 0.25) is 0 Å². The Labute approximate surface area is 108 Å². The van der Waals surface area contributed by atoms with Crippen LogP contribution in [0, 0.1) is 0 Å². The maximum absolute atomic E-state index is 5.69. The number of nitrogens with two attached hydrogens (primary N) is 1. The molecule has 3 N–H and O–H groups in total. The first-order chi connectivity index (χ1) is 8.76. The first kappa shape index (κ1) is 14.7. The van der Waals surface area contributed by atoms with Gasteiger partial charge in [-0.15, -0.1) is 0 Å². The van der Waals surface area contributed by atoms with Gasteiger partial charge in [0.05, 0.1) is 13.2 Å². The Hall–Kier alpha value is -1.40. The third-order valence-electron chi connectivity index (χ3n) is 2.31. The van der Waals surface area contributed by atoms with Gasteiger partial charge in [0.15, 0.2) is 0 Å². The predicted octanol–water partition coefficient (Wildman–Crippen LogP) is 1.09. The third-order valence-corrected chi connectivity index (χ3v) is 2.31. The maximum Gasteiger partial charge on any atom is 0.132 e. The molecule has 0 radical (unpaired) electrons. The molecule has 6 heteroatoms. The number of nitrogens with one attached hydrogen (secondary N) is 1. The van der Waals surface area contributed by atoms with Gasteiger partial charge in [0.1, 0.15) is 17.5 Å². The number of ether oxygens (including phenoxy) is 2. The van der Waals surface area contributed by atoms with Crippen LogP contribution < -0.4 is 11.1 Å². The SMILES string of the molecule is CCc1nc(N)cc(NCCCOCCOC)n1. The lowest BCUT2D eigenvalue weighted by Gasteiger charge is -2.08. The van der Waals surface area contributed by atoms with Gasteiger partial charge in [0, 0.05) is 32.7 Å². The Kier molecular flexibility index (Phi) is 7.05. The molecule has 6 nitrogen and oxygen atoms in total. The van der Waals surface area contributed by atoms with E-state index in [4.69, 9.17) is 15.2 Å². The molecule has 0 aromatic carbocycles. The fourth-order valence-corrected chi connectivity index (χ4v) is 1.40. The van der Waals surface area contributed by atoms with Crippen LogP contribution in [0.3, 0.4) is 0 Å². The zero-order valence-electron chi connectivity index (χ0n) is 11.1. The van der Waals surface area contributed by atoms with Crippen LogP contribution in [-0.2, 0) is 15.9 Å². The van der Waals surface area contributed by atoms with Crippen LogP contribution in [0.15, 0.2) is 6.07 Å². The number of hydrogen-bond donors (Lipinski definition) is 2. The molecule has 1 heterocycles. The minimum Gasteiger partial charge on any atom is -0.384 e. The predicted molar refractivity (Wildman–Crippen MR) is 71.6 cm³/mol. The second-order valence-corrected chi connectivity index (χ2v) is 3.83. The molecule has 0 aliphatic heterocycles. The van der Waals surface area contributed by atoms with Crippen molar-refractivity contribution in [3.8, 4) is 0 Å². The van der Waals surface area contributed by atoms with Crippen molar-refractivity contribution in [3.05, 3.63) is 11.9 Å². The summed E-state index contributed by atoms with van der Waals surface area (Å²) in [6.07, 6.45) is 1.69. The number of aryl methyl sites for hydroxylation is 1. The maximum atomic E-state index is 5.69. The molecule has 0 unspecified atom stereocenters. The van der Waals surface area contributed by atoms with E-state index >= 15 is 0 Å². The summed E-state index contributed by atoms with van der Waals surface area (Å²) >= 11 is 0. The van der Waals surface area contributed by atoms with E-state index in [0.717, 1.165) is 31.0 Å². The number of aromatic nitrogens is 2. The molecule has 1 aromatic rings. The van der Waals surface area contributed by atoms with E-state index in [-0.39, 0.29) is 0 Å². The quantitative estimate of drug-likeness (QED) is 0.642. The van der Waals surface area contributed by atoms with Crippen LogP contribution in [0.25, 0.3) is 0 Å². The van der Waals surface area contributed by atoms with Crippen molar-refractivity contribution >= 4 is 11.6 Å². The van der Waals surface area contributed by atoms with Crippen LogP contribution in [0.2, 0.25) is 0 Å². The third kappa shape index (κ3) is 5.79. The second kappa shape index (κ2) is 8.66.